The van der Waals surface area contributed by atoms with Crippen LogP contribution >= 0.6 is 11.6 Å². The molecule has 0 aliphatic rings. The van der Waals surface area contributed by atoms with Crippen molar-refractivity contribution in [3.63, 3.8) is 0 Å². The lowest BCUT2D eigenvalue weighted by Crippen LogP contribution is -2.18. The standard InChI is InChI=1S/C19H24ClN/c1-14(16-7-11-18(20)12-8-16)21-13-15-5-9-17(10-6-15)19(2,3)4/h5-12,14,21H,13H2,1-4H3/t14-/m0/s1. The highest BCUT2D eigenvalue weighted by atomic mass is 35.5. The second-order valence-electron chi connectivity index (χ2n) is 6.60. The molecule has 2 rings (SSSR count). The van der Waals surface area contributed by atoms with Gasteiger partial charge in [0.2, 0.25) is 0 Å². The van der Waals surface area contributed by atoms with Gasteiger partial charge in [-0.15, -0.1) is 0 Å². The highest BCUT2D eigenvalue weighted by Crippen LogP contribution is 2.22. The fourth-order valence-corrected chi connectivity index (χ4v) is 2.39. The minimum Gasteiger partial charge on any atom is -0.306 e. The first kappa shape index (κ1) is 16.1. The van der Waals surface area contributed by atoms with E-state index in [4.69, 9.17) is 11.6 Å². The molecular formula is C19H24ClN. The van der Waals surface area contributed by atoms with Gasteiger partial charge in [0.15, 0.2) is 0 Å². The highest BCUT2D eigenvalue weighted by Gasteiger charge is 2.12. The second-order valence-corrected chi connectivity index (χ2v) is 7.04. The van der Waals surface area contributed by atoms with Crippen LogP contribution in [-0.2, 0) is 12.0 Å². The van der Waals surface area contributed by atoms with Gasteiger partial charge in [-0.2, -0.15) is 0 Å². The van der Waals surface area contributed by atoms with Gasteiger partial charge in [0.25, 0.3) is 0 Å². The van der Waals surface area contributed by atoms with Gasteiger partial charge < -0.3 is 5.32 Å². The Kier molecular flexibility index (Phi) is 5.08. The van der Waals surface area contributed by atoms with E-state index in [0.717, 1.165) is 11.6 Å². The molecular weight excluding hydrogens is 278 g/mol. The number of benzene rings is 2. The van der Waals surface area contributed by atoms with Gasteiger partial charge in [0.1, 0.15) is 0 Å². The summed E-state index contributed by atoms with van der Waals surface area (Å²) in [5.41, 5.74) is 4.15. The van der Waals surface area contributed by atoms with E-state index in [1.807, 2.05) is 12.1 Å². The van der Waals surface area contributed by atoms with Crippen molar-refractivity contribution >= 4 is 11.6 Å². The van der Waals surface area contributed by atoms with Gasteiger partial charge in [-0.3, -0.25) is 0 Å². The van der Waals surface area contributed by atoms with Crippen LogP contribution in [0.25, 0.3) is 0 Å². The molecule has 2 aromatic rings. The molecule has 0 heterocycles. The zero-order valence-electron chi connectivity index (χ0n) is 13.3. The van der Waals surface area contributed by atoms with Crippen molar-refractivity contribution < 1.29 is 0 Å². The summed E-state index contributed by atoms with van der Waals surface area (Å²) < 4.78 is 0. The van der Waals surface area contributed by atoms with Crippen LogP contribution in [0.5, 0.6) is 0 Å². The van der Waals surface area contributed by atoms with Crippen LogP contribution in [0.3, 0.4) is 0 Å². The Balaban J connectivity index is 1.95. The number of hydrogen-bond donors (Lipinski definition) is 1. The van der Waals surface area contributed by atoms with E-state index in [9.17, 15) is 0 Å². The van der Waals surface area contributed by atoms with Crippen LogP contribution in [0.1, 0.15) is 50.4 Å². The molecule has 1 atom stereocenters. The van der Waals surface area contributed by atoms with Gasteiger partial charge in [-0.25, -0.2) is 0 Å². The summed E-state index contributed by atoms with van der Waals surface area (Å²) >= 11 is 5.92. The molecule has 0 saturated heterocycles. The second kappa shape index (κ2) is 6.64. The summed E-state index contributed by atoms with van der Waals surface area (Å²) in [6, 6.07) is 17.2. The van der Waals surface area contributed by atoms with Gasteiger partial charge in [0, 0.05) is 17.6 Å². The summed E-state index contributed by atoms with van der Waals surface area (Å²) in [6.07, 6.45) is 0. The van der Waals surface area contributed by atoms with E-state index < -0.39 is 0 Å². The normalized spacial score (nSPS) is 13.2. The zero-order chi connectivity index (χ0) is 15.5. The third kappa shape index (κ3) is 4.59. The van der Waals surface area contributed by atoms with Gasteiger partial charge >= 0.3 is 0 Å². The molecule has 0 amide bonds. The average molecular weight is 302 g/mol. The predicted molar refractivity (Wildman–Crippen MR) is 91.8 cm³/mol. The molecule has 21 heavy (non-hydrogen) atoms. The van der Waals surface area contributed by atoms with Crippen molar-refractivity contribution in [2.24, 2.45) is 0 Å². The Hall–Kier alpha value is -1.31. The first-order valence-electron chi connectivity index (χ1n) is 7.44. The van der Waals surface area contributed by atoms with Crippen molar-refractivity contribution in [2.75, 3.05) is 0 Å². The number of rotatable bonds is 4. The summed E-state index contributed by atoms with van der Waals surface area (Å²) in [5, 5.41) is 4.33. The van der Waals surface area contributed by atoms with Crippen LogP contribution in [0, 0.1) is 0 Å². The van der Waals surface area contributed by atoms with Gasteiger partial charge in [-0.05, 0) is 41.2 Å². The molecule has 2 heteroatoms. The van der Waals surface area contributed by atoms with Gasteiger partial charge in [0.05, 0.1) is 0 Å². The molecule has 1 N–H and O–H groups in total. The van der Waals surface area contributed by atoms with Crippen LogP contribution in [-0.4, -0.2) is 0 Å². The first-order valence-corrected chi connectivity index (χ1v) is 7.82. The Labute approximate surface area is 133 Å². The Morgan fingerprint density at radius 2 is 1.52 bits per heavy atom. The summed E-state index contributed by atoms with van der Waals surface area (Å²) in [7, 11) is 0. The fourth-order valence-electron chi connectivity index (χ4n) is 2.26. The molecule has 0 spiro atoms. The molecule has 0 saturated carbocycles. The fraction of sp³-hybridized carbons (Fsp3) is 0.368. The molecule has 0 bridgehead atoms. The molecule has 0 aromatic heterocycles. The SMILES string of the molecule is C[C@H](NCc1ccc(C(C)(C)C)cc1)c1ccc(Cl)cc1. The van der Waals surface area contributed by atoms with Crippen LogP contribution in [0.2, 0.25) is 5.02 Å². The Morgan fingerprint density at radius 1 is 0.952 bits per heavy atom. The van der Waals surface area contributed by atoms with Crippen molar-refractivity contribution in [3.05, 3.63) is 70.2 Å². The topological polar surface area (TPSA) is 12.0 Å². The smallest absolute Gasteiger partial charge is 0.0406 e. The molecule has 1 nitrogen and oxygen atoms in total. The van der Waals surface area contributed by atoms with E-state index in [1.54, 1.807) is 0 Å². The van der Waals surface area contributed by atoms with Crippen LogP contribution in [0.15, 0.2) is 48.5 Å². The summed E-state index contributed by atoms with van der Waals surface area (Å²) in [4.78, 5) is 0. The van der Waals surface area contributed by atoms with E-state index >= 15 is 0 Å². The Bertz CT molecular complexity index is 564. The molecule has 0 unspecified atom stereocenters. The molecule has 0 fully saturated rings. The van der Waals surface area contributed by atoms with Crippen molar-refractivity contribution in [1.29, 1.82) is 0 Å². The molecule has 2 aromatic carbocycles. The lowest BCUT2D eigenvalue weighted by Gasteiger charge is -2.19. The monoisotopic (exact) mass is 301 g/mol. The molecule has 0 aliphatic carbocycles. The lowest BCUT2D eigenvalue weighted by atomic mass is 9.87. The Morgan fingerprint density at radius 3 is 2.05 bits per heavy atom. The van der Waals surface area contributed by atoms with E-state index in [2.05, 4.69) is 69.4 Å². The predicted octanol–water partition coefficient (Wildman–Crippen LogP) is 5.49. The van der Waals surface area contributed by atoms with E-state index in [1.165, 1.54) is 16.7 Å². The zero-order valence-corrected chi connectivity index (χ0v) is 14.0. The minimum atomic E-state index is 0.211. The van der Waals surface area contributed by atoms with E-state index in [0.29, 0.717) is 6.04 Å². The maximum atomic E-state index is 5.92. The quantitative estimate of drug-likeness (QED) is 0.787. The molecule has 0 radical (unpaired) electrons. The van der Waals surface area contributed by atoms with Gasteiger partial charge in [-0.1, -0.05) is 68.8 Å². The lowest BCUT2D eigenvalue weighted by molar-refractivity contribution is 0.572. The molecule has 0 aliphatic heterocycles. The first-order chi connectivity index (χ1) is 9.86. The maximum Gasteiger partial charge on any atom is 0.0406 e. The minimum absolute atomic E-state index is 0.211. The van der Waals surface area contributed by atoms with Crippen LogP contribution < -0.4 is 5.32 Å². The maximum absolute atomic E-state index is 5.92. The third-order valence-electron chi connectivity index (χ3n) is 3.80. The van der Waals surface area contributed by atoms with Crippen molar-refractivity contribution in [1.82, 2.24) is 5.32 Å². The third-order valence-corrected chi connectivity index (χ3v) is 4.05. The highest BCUT2D eigenvalue weighted by molar-refractivity contribution is 6.30. The number of nitrogens with one attached hydrogen (secondary N) is 1. The van der Waals surface area contributed by atoms with Crippen molar-refractivity contribution in [2.45, 2.75) is 45.7 Å². The summed E-state index contributed by atoms with van der Waals surface area (Å²) in [6.45, 7) is 9.76. The number of hydrogen-bond acceptors (Lipinski definition) is 1. The van der Waals surface area contributed by atoms with E-state index in [-0.39, 0.29) is 5.41 Å². The van der Waals surface area contributed by atoms with Crippen molar-refractivity contribution in [3.8, 4) is 0 Å². The largest absolute Gasteiger partial charge is 0.306 e. The number of halogens is 1. The average Bonchev–Trinajstić information content (AvgIpc) is 2.45. The molecule has 112 valence electrons. The van der Waals surface area contributed by atoms with Crippen LogP contribution in [0.4, 0.5) is 0 Å². The summed E-state index contributed by atoms with van der Waals surface area (Å²) in [5.74, 6) is 0.